The number of halogens is 3. The summed E-state index contributed by atoms with van der Waals surface area (Å²) in [5.41, 5.74) is 1.43. The van der Waals surface area contributed by atoms with Crippen LogP contribution in [0.3, 0.4) is 0 Å². The predicted octanol–water partition coefficient (Wildman–Crippen LogP) is 5.14. The van der Waals surface area contributed by atoms with Gasteiger partial charge in [-0.3, -0.25) is 0 Å². The second-order valence-corrected chi connectivity index (χ2v) is 5.75. The molecule has 0 saturated carbocycles. The molecule has 2 unspecified atom stereocenters. The third kappa shape index (κ3) is 3.64. The van der Waals surface area contributed by atoms with Crippen LogP contribution in [0.1, 0.15) is 37.1 Å². The summed E-state index contributed by atoms with van der Waals surface area (Å²) in [7, 11) is 0. The van der Waals surface area contributed by atoms with Crippen molar-refractivity contribution in [2.24, 2.45) is 0 Å². The van der Waals surface area contributed by atoms with Gasteiger partial charge in [0.2, 0.25) is 0 Å². The maximum absolute atomic E-state index is 13.7. The molecule has 0 aliphatic rings. The number of nitrogens with one attached hydrogen (secondary N) is 1. The van der Waals surface area contributed by atoms with Crippen LogP contribution in [0, 0.1) is 11.6 Å². The fraction of sp³-hybridized carbons (Fsp3) is 0.250. The van der Waals surface area contributed by atoms with E-state index in [1.54, 1.807) is 0 Å². The second kappa shape index (κ2) is 6.46. The van der Waals surface area contributed by atoms with E-state index >= 15 is 0 Å². The maximum Gasteiger partial charge on any atom is 0.128 e. The van der Waals surface area contributed by atoms with Crippen molar-refractivity contribution in [3.05, 3.63) is 69.7 Å². The molecule has 0 spiro atoms. The van der Waals surface area contributed by atoms with Crippen molar-refractivity contribution in [1.82, 2.24) is 5.32 Å². The van der Waals surface area contributed by atoms with Gasteiger partial charge in [-0.05, 0) is 49.7 Å². The number of rotatable bonds is 4. The van der Waals surface area contributed by atoms with E-state index in [4.69, 9.17) is 0 Å². The van der Waals surface area contributed by atoms with Crippen LogP contribution in [0.15, 0.2) is 46.9 Å². The molecule has 1 N–H and O–H groups in total. The van der Waals surface area contributed by atoms with Crippen molar-refractivity contribution in [3.63, 3.8) is 0 Å². The molecular weight excluding hydrogens is 324 g/mol. The first kappa shape index (κ1) is 15.1. The summed E-state index contributed by atoms with van der Waals surface area (Å²) >= 11 is 3.43. The van der Waals surface area contributed by atoms with Gasteiger partial charge in [0.1, 0.15) is 11.6 Å². The molecule has 0 amide bonds. The zero-order chi connectivity index (χ0) is 14.7. The van der Waals surface area contributed by atoms with Gasteiger partial charge >= 0.3 is 0 Å². The average Bonchev–Trinajstić information content (AvgIpc) is 2.41. The monoisotopic (exact) mass is 339 g/mol. The van der Waals surface area contributed by atoms with E-state index in [2.05, 4.69) is 21.2 Å². The van der Waals surface area contributed by atoms with E-state index in [-0.39, 0.29) is 12.1 Å². The zero-order valence-electron chi connectivity index (χ0n) is 11.3. The van der Waals surface area contributed by atoms with Crippen molar-refractivity contribution < 1.29 is 8.78 Å². The normalized spacial score (nSPS) is 14.1. The smallest absolute Gasteiger partial charge is 0.128 e. The summed E-state index contributed by atoms with van der Waals surface area (Å²) in [4.78, 5) is 0. The third-order valence-corrected chi connectivity index (χ3v) is 3.77. The molecular formula is C16H16BrF2N. The fourth-order valence-corrected chi connectivity index (χ4v) is 2.60. The number of hydrogen-bond donors (Lipinski definition) is 1. The van der Waals surface area contributed by atoms with Crippen molar-refractivity contribution in [1.29, 1.82) is 0 Å². The molecule has 0 aliphatic heterocycles. The summed E-state index contributed by atoms with van der Waals surface area (Å²) in [6.07, 6.45) is 0. The molecule has 20 heavy (non-hydrogen) atoms. The summed E-state index contributed by atoms with van der Waals surface area (Å²) < 4.78 is 27.9. The Hall–Kier alpha value is -1.26. The largest absolute Gasteiger partial charge is 0.304 e. The van der Waals surface area contributed by atoms with Crippen molar-refractivity contribution in [2.75, 3.05) is 0 Å². The SMILES string of the molecule is CC(NC(C)c1cc(F)ccc1F)c1cccc(Br)c1. The quantitative estimate of drug-likeness (QED) is 0.813. The van der Waals surface area contributed by atoms with Gasteiger partial charge in [-0.15, -0.1) is 0 Å². The van der Waals surface area contributed by atoms with Crippen LogP contribution >= 0.6 is 15.9 Å². The number of benzene rings is 2. The minimum Gasteiger partial charge on any atom is -0.304 e. The zero-order valence-corrected chi connectivity index (χ0v) is 12.9. The fourth-order valence-electron chi connectivity index (χ4n) is 2.18. The van der Waals surface area contributed by atoms with Crippen LogP contribution < -0.4 is 5.32 Å². The Kier molecular flexibility index (Phi) is 4.89. The highest BCUT2D eigenvalue weighted by atomic mass is 79.9. The first-order valence-electron chi connectivity index (χ1n) is 6.44. The Morgan fingerprint density at radius 3 is 2.45 bits per heavy atom. The summed E-state index contributed by atoms with van der Waals surface area (Å²) in [5.74, 6) is -0.821. The van der Waals surface area contributed by atoms with Crippen LogP contribution in [0.5, 0.6) is 0 Å². The lowest BCUT2D eigenvalue weighted by atomic mass is 10.0. The molecule has 2 aromatic rings. The molecule has 4 heteroatoms. The van der Waals surface area contributed by atoms with Crippen LogP contribution in [0.2, 0.25) is 0 Å². The molecule has 106 valence electrons. The maximum atomic E-state index is 13.7. The second-order valence-electron chi connectivity index (χ2n) is 4.83. The highest BCUT2D eigenvalue weighted by molar-refractivity contribution is 9.10. The molecule has 0 aliphatic carbocycles. The molecule has 0 aromatic heterocycles. The van der Waals surface area contributed by atoms with Gasteiger partial charge in [0.05, 0.1) is 0 Å². The van der Waals surface area contributed by atoms with Crippen LogP contribution in [0.4, 0.5) is 8.78 Å². The van der Waals surface area contributed by atoms with E-state index in [1.165, 1.54) is 6.07 Å². The highest BCUT2D eigenvalue weighted by Crippen LogP contribution is 2.23. The first-order valence-corrected chi connectivity index (χ1v) is 7.23. The summed E-state index contributed by atoms with van der Waals surface area (Å²) in [6, 6.07) is 11.2. The van der Waals surface area contributed by atoms with Gasteiger partial charge in [-0.25, -0.2) is 8.78 Å². The summed E-state index contributed by atoms with van der Waals surface area (Å²) in [5, 5.41) is 3.28. The van der Waals surface area contributed by atoms with Gasteiger partial charge in [0, 0.05) is 22.1 Å². The third-order valence-electron chi connectivity index (χ3n) is 3.27. The van der Waals surface area contributed by atoms with Gasteiger partial charge in [-0.1, -0.05) is 28.1 Å². The molecule has 0 saturated heterocycles. The Morgan fingerprint density at radius 1 is 1.00 bits per heavy atom. The lowest BCUT2D eigenvalue weighted by Gasteiger charge is -2.21. The molecule has 0 fully saturated rings. The Morgan fingerprint density at radius 2 is 1.75 bits per heavy atom. The van der Waals surface area contributed by atoms with Crippen LogP contribution in [-0.2, 0) is 0 Å². The van der Waals surface area contributed by atoms with E-state index in [9.17, 15) is 8.78 Å². The number of hydrogen-bond acceptors (Lipinski definition) is 1. The van der Waals surface area contributed by atoms with Gasteiger partial charge in [-0.2, -0.15) is 0 Å². The standard InChI is InChI=1S/C16H16BrF2N/c1-10(12-4-3-5-13(17)8-12)20-11(2)15-9-14(18)6-7-16(15)19/h3-11,20H,1-2H3. The van der Waals surface area contributed by atoms with Crippen molar-refractivity contribution >= 4 is 15.9 Å². The highest BCUT2D eigenvalue weighted by Gasteiger charge is 2.15. The predicted molar refractivity (Wildman–Crippen MR) is 80.5 cm³/mol. The van der Waals surface area contributed by atoms with E-state index in [0.29, 0.717) is 5.56 Å². The van der Waals surface area contributed by atoms with Crippen LogP contribution in [-0.4, -0.2) is 0 Å². The van der Waals surface area contributed by atoms with E-state index in [1.807, 2.05) is 38.1 Å². The molecule has 2 atom stereocenters. The lowest BCUT2D eigenvalue weighted by molar-refractivity contribution is 0.469. The van der Waals surface area contributed by atoms with Crippen molar-refractivity contribution in [2.45, 2.75) is 25.9 Å². The van der Waals surface area contributed by atoms with Crippen molar-refractivity contribution in [3.8, 4) is 0 Å². The van der Waals surface area contributed by atoms with Gasteiger partial charge in [0.15, 0.2) is 0 Å². The molecule has 0 radical (unpaired) electrons. The van der Waals surface area contributed by atoms with Crippen LogP contribution in [0.25, 0.3) is 0 Å². The Labute approximate surface area is 126 Å². The minimum absolute atomic E-state index is 0.0326. The topological polar surface area (TPSA) is 12.0 Å². The average molecular weight is 340 g/mol. The summed E-state index contributed by atoms with van der Waals surface area (Å²) in [6.45, 7) is 3.82. The lowest BCUT2D eigenvalue weighted by Crippen LogP contribution is -2.23. The van der Waals surface area contributed by atoms with E-state index < -0.39 is 11.6 Å². The molecule has 2 aromatic carbocycles. The Balaban J connectivity index is 2.15. The molecule has 0 bridgehead atoms. The first-order chi connectivity index (χ1) is 9.47. The molecule has 1 nitrogen and oxygen atoms in total. The minimum atomic E-state index is -0.426. The molecule has 2 rings (SSSR count). The van der Waals surface area contributed by atoms with E-state index in [0.717, 1.165) is 22.2 Å². The molecule has 0 heterocycles. The van der Waals surface area contributed by atoms with Gasteiger partial charge < -0.3 is 5.32 Å². The van der Waals surface area contributed by atoms with Gasteiger partial charge in [0.25, 0.3) is 0 Å². The Bertz CT molecular complexity index is 601.